The van der Waals surface area contributed by atoms with Crippen LogP contribution in [0.15, 0.2) is 24.3 Å². The van der Waals surface area contributed by atoms with E-state index in [0.717, 1.165) is 26.2 Å². The number of hydrogen-bond donors (Lipinski definition) is 3. The molecule has 0 radical (unpaired) electrons. The molecule has 0 bridgehead atoms. The minimum absolute atomic E-state index is 0.102. The number of ether oxygens (including phenoxy) is 2. The van der Waals surface area contributed by atoms with E-state index in [1.165, 1.54) is 11.1 Å². The first-order valence-electron chi connectivity index (χ1n) is 9.63. The third kappa shape index (κ3) is 5.49. The Morgan fingerprint density at radius 1 is 1.31 bits per heavy atom. The molecule has 2 atom stereocenters. The molecule has 0 amide bonds. The number of aliphatic hydroxyl groups is 2. The van der Waals surface area contributed by atoms with Crippen LogP contribution in [-0.2, 0) is 16.0 Å². The summed E-state index contributed by atoms with van der Waals surface area (Å²) in [7, 11) is 0. The summed E-state index contributed by atoms with van der Waals surface area (Å²) in [5.41, 5.74) is 1.58. The molecule has 1 aromatic carbocycles. The van der Waals surface area contributed by atoms with Crippen LogP contribution in [0.5, 0.6) is 0 Å². The lowest BCUT2D eigenvalue weighted by Crippen LogP contribution is -2.53. The summed E-state index contributed by atoms with van der Waals surface area (Å²) in [6.07, 6.45) is 0.295. The fourth-order valence-electron chi connectivity index (χ4n) is 3.75. The summed E-state index contributed by atoms with van der Waals surface area (Å²) < 4.78 is 11.1. The number of hydrogen-bond acceptors (Lipinski definition) is 6. The van der Waals surface area contributed by atoms with E-state index in [4.69, 9.17) is 9.47 Å². The van der Waals surface area contributed by atoms with Gasteiger partial charge in [0.2, 0.25) is 0 Å². The molecule has 2 fully saturated rings. The van der Waals surface area contributed by atoms with Gasteiger partial charge in [0.1, 0.15) is 0 Å². The Kier molecular flexibility index (Phi) is 7.03. The largest absolute Gasteiger partial charge is 0.389 e. The van der Waals surface area contributed by atoms with E-state index in [1.807, 2.05) is 0 Å². The minimum Gasteiger partial charge on any atom is -0.389 e. The molecule has 2 aliphatic rings. The van der Waals surface area contributed by atoms with Gasteiger partial charge in [-0.1, -0.05) is 29.8 Å². The maximum atomic E-state index is 10.5. The van der Waals surface area contributed by atoms with E-state index < -0.39 is 11.7 Å². The number of nitrogens with zero attached hydrogens (tertiary/aromatic N) is 1. The Morgan fingerprint density at radius 2 is 2.12 bits per heavy atom. The summed E-state index contributed by atoms with van der Waals surface area (Å²) in [5.74, 6) is 0. The van der Waals surface area contributed by atoms with Gasteiger partial charge in [0.25, 0.3) is 0 Å². The van der Waals surface area contributed by atoms with Crippen LogP contribution in [0.1, 0.15) is 24.0 Å². The van der Waals surface area contributed by atoms with Crippen molar-refractivity contribution in [3.63, 3.8) is 0 Å². The number of nitrogens with one attached hydrogen (secondary N) is 1. The zero-order valence-electron chi connectivity index (χ0n) is 15.7. The number of morpholine rings is 1. The lowest BCUT2D eigenvalue weighted by Gasteiger charge is -2.37. The predicted molar refractivity (Wildman–Crippen MR) is 100 cm³/mol. The second kappa shape index (κ2) is 9.26. The third-order valence-electron chi connectivity index (χ3n) is 5.40. The number of rotatable bonds is 7. The molecule has 1 aromatic rings. The van der Waals surface area contributed by atoms with Crippen molar-refractivity contribution in [1.82, 2.24) is 10.2 Å². The maximum Gasteiger partial charge on any atom is 0.0961 e. The third-order valence-corrected chi connectivity index (χ3v) is 5.40. The van der Waals surface area contributed by atoms with E-state index in [9.17, 15) is 10.2 Å². The SMILES string of the molecule is Cc1cccc(CN2CCOC(CNCC(O)C3(O)CCOCC3)C2)c1. The fourth-order valence-corrected chi connectivity index (χ4v) is 3.75. The zero-order valence-corrected chi connectivity index (χ0v) is 15.7. The molecule has 2 aliphatic heterocycles. The second-order valence-electron chi connectivity index (χ2n) is 7.61. The highest BCUT2D eigenvalue weighted by Crippen LogP contribution is 2.24. The van der Waals surface area contributed by atoms with Crippen LogP contribution in [-0.4, -0.2) is 78.9 Å². The first-order valence-corrected chi connectivity index (χ1v) is 9.63. The van der Waals surface area contributed by atoms with E-state index >= 15 is 0 Å². The van der Waals surface area contributed by atoms with Gasteiger partial charge in [0.15, 0.2) is 0 Å². The van der Waals surface area contributed by atoms with Crippen molar-refractivity contribution >= 4 is 0 Å². The van der Waals surface area contributed by atoms with Gasteiger partial charge in [0, 0.05) is 58.8 Å². The van der Waals surface area contributed by atoms with E-state index in [1.54, 1.807) is 0 Å². The summed E-state index contributed by atoms with van der Waals surface area (Å²) in [5, 5.41) is 24.1. The molecule has 0 aromatic heterocycles. The van der Waals surface area contributed by atoms with Crippen molar-refractivity contribution in [3.05, 3.63) is 35.4 Å². The Labute approximate surface area is 156 Å². The van der Waals surface area contributed by atoms with Crippen molar-refractivity contribution < 1.29 is 19.7 Å². The molecule has 0 saturated carbocycles. The molecule has 0 spiro atoms. The molecule has 3 rings (SSSR count). The van der Waals surface area contributed by atoms with Crippen LogP contribution in [0.2, 0.25) is 0 Å². The van der Waals surface area contributed by atoms with Crippen LogP contribution in [0.25, 0.3) is 0 Å². The Balaban J connectivity index is 1.41. The topological polar surface area (TPSA) is 74.2 Å². The highest BCUT2D eigenvalue weighted by Gasteiger charge is 2.37. The van der Waals surface area contributed by atoms with Gasteiger partial charge in [-0.15, -0.1) is 0 Å². The molecular weight excluding hydrogens is 332 g/mol. The first-order chi connectivity index (χ1) is 12.5. The van der Waals surface area contributed by atoms with Gasteiger partial charge in [-0.3, -0.25) is 4.90 Å². The summed E-state index contributed by atoms with van der Waals surface area (Å²) >= 11 is 0. The fraction of sp³-hybridized carbons (Fsp3) is 0.700. The summed E-state index contributed by atoms with van der Waals surface area (Å²) in [6.45, 7) is 7.64. The molecule has 26 heavy (non-hydrogen) atoms. The average molecular weight is 364 g/mol. The Hall–Kier alpha value is -1.02. The minimum atomic E-state index is -1.03. The van der Waals surface area contributed by atoms with E-state index in [2.05, 4.69) is 41.4 Å². The van der Waals surface area contributed by atoms with Gasteiger partial charge in [-0.25, -0.2) is 0 Å². The van der Waals surface area contributed by atoms with Crippen molar-refractivity contribution in [3.8, 4) is 0 Å². The van der Waals surface area contributed by atoms with Crippen molar-refractivity contribution in [2.45, 2.75) is 44.1 Å². The number of aliphatic hydroxyl groups excluding tert-OH is 1. The molecule has 0 aliphatic carbocycles. The van der Waals surface area contributed by atoms with Gasteiger partial charge in [0.05, 0.1) is 24.4 Å². The van der Waals surface area contributed by atoms with Gasteiger partial charge in [-0.05, 0) is 12.5 Å². The van der Waals surface area contributed by atoms with Crippen LogP contribution in [0.4, 0.5) is 0 Å². The standard InChI is InChI=1S/C20H32N2O4/c1-16-3-2-4-17(11-16)14-22-7-10-26-18(15-22)12-21-13-19(23)20(24)5-8-25-9-6-20/h2-4,11,18-19,21,23-24H,5-10,12-15H2,1H3. The van der Waals surface area contributed by atoms with Crippen molar-refractivity contribution in [2.75, 3.05) is 46.0 Å². The Morgan fingerprint density at radius 3 is 2.88 bits per heavy atom. The smallest absolute Gasteiger partial charge is 0.0961 e. The normalized spacial score (nSPS) is 25.1. The molecule has 3 N–H and O–H groups in total. The predicted octanol–water partition coefficient (Wildman–Crippen LogP) is 0.688. The molecule has 6 nitrogen and oxygen atoms in total. The van der Waals surface area contributed by atoms with Crippen molar-refractivity contribution in [2.24, 2.45) is 0 Å². The molecular formula is C20H32N2O4. The van der Waals surface area contributed by atoms with E-state index in [-0.39, 0.29) is 6.10 Å². The zero-order chi connectivity index (χ0) is 18.4. The maximum absolute atomic E-state index is 10.5. The van der Waals surface area contributed by atoms with Crippen LogP contribution >= 0.6 is 0 Å². The monoisotopic (exact) mass is 364 g/mol. The molecule has 146 valence electrons. The lowest BCUT2D eigenvalue weighted by molar-refractivity contribution is -0.131. The van der Waals surface area contributed by atoms with Gasteiger partial charge in [-0.2, -0.15) is 0 Å². The number of benzene rings is 1. The molecule has 2 heterocycles. The molecule has 6 heteroatoms. The van der Waals surface area contributed by atoms with Gasteiger partial charge < -0.3 is 25.0 Å². The van der Waals surface area contributed by atoms with Crippen LogP contribution in [0.3, 0.4) is 0 Å². The van der Waals surface area contributed by atoms with E-state index in [0.29, 0.717) is 39.1 Å². The average Bonchev–Trinajstić information content (AvgIpc) is 2.63. The van der Waals surface area contributed by atoms with Crippen LogP contribution in [0, 0.1) is 6.92 Å². The Bertz CT molecular complexity index is 562. The highest BCUT2D eigenvalue weighted by molar-refractivity contribution is 5.22. The van der Waals surface area contributed by atoms with Crippen molar-refractivity contribution in [1.29, 1.82) is 0 Å². The molecule has 2 saturated heterocycles. The highest BCUT2D eigenvalue weighted by atomic mass is 16.5. The quantitative estimate of drug-likeness (QED) is 0.661. The lowest BCUT2D eigenvalue weighted by atomic mass is 9.88. The van der Waals surface area contributed by atoms with Gasteiger partial charge >= 0.3 is 0 Å². The number of aryl methyl sites for hydroxylation is 1. The first kappa shape index (κ1) is 19.7. The van der Waals surface area contributed by atoms with Crippen LogP contribution < -0.4 is 5.32 Å². The second-order valence-corrected chi connectivity index (χ2v) is 7.61. The summed E-state index contributed by atoms with van der Waals surface area (Å²) in [6, 6.07) is 8.62. The summed E-state index contributed by atoms with van der Waals surface area (Å²) in [4.78, 5) is 2.41. The molecule has 2 unspecified atom stereocenters.